The summed E-state index contributed by atoms with van der Waals surface area (Å²) in [4.78, 5) is 52.9. The van der Waals surface area contributed by atoms with Crippen molar-refractivity contribution in [3.63, 3.8) is 0 Å². The summed E-state index contributed by atoms with van der Waals surface area (Å²) in [5.41, 5.74) is -1.85. The monoisotopic (exact) mass is 782 g/mol. The minimum absolute atomic E-state index is 0.0279. The molecular formula is C34H36Cl6O8. The van der Waals surface area contributed by atoms with Crippen molar-refractivity contribution in [1.29, 1.82) is 0 Å². The summed E-state index contributed by atoms with van der Waals surface area (Å²) >= 11 is 37.7. The third-order valence-electron chi connectivity index (χ3n) is 11.1. The van der Waals surface area contributed by atoms with Crippen molar-refractivity contribution in [3.05, 3.63) is 53.4 Å². The smallest absolute Gasteiger partial charge is 0.423 e. The quantitative estimate of drug-likeness (QED) is 0.113. The molecule has 0 bridgehead atoms. The minimum atomic E-state index is -1.65. The van der Waals surface area contributed by atoms with E-state index in [1.54, 1.807) is 0 Å². The van der Waals surface area contributed by atoms with Crippen LogP contribution in [-0.2, 0) is 19.1 Å². The molecule has 4 atom stereocenters. The number of rotatable bonds is 8. The molecule has 2 aliphatic carbocycles. The first-order chi connectivity index (χ1) is 22.0. The summed E-state index contributed by atoms with van der Waals surface area (Å²) in [6, 6.07) is 2.26. The number of ether oxygens (including phenoxy) is 4. The maximum absolute atomic E-state index is 13.4. The molecule has 0 aromatic heterocycles. The lowest BCUT2D eigenvalue weighted by atomic mass is 9.47. The van der Waals surface area contributed by atoms with Crippen LogP contribution < -0.4 is 9.47 Å². The molecule has 4 rings (SSSR count). The second-order valence-electron chi connectivity index (χ2n) is 14.5. The maximum atomic E-state index is 13.4. The Morgan fingerprint density at radius 2 is 0.917 bits per heavy atom. The average molecular weight is 785 g/mol. The van der Waals surface area contributed by atoms with Crippen molar-refractivity contribution in [2.75, 3.05) is 13.2 Å². The van der Waals surface area contributed by atoms with E-state index >= 15 is 0 Å². The van der Waals surface area contributed by atoms with Gasteiger partial charge in [-0.2, -0.15) is 0 Å². The number of carbonyl (C=O) groups excluding carboxylic acids is 4. The third-order valence-corrected chi connectivity index (χ3v) is 13.3. The highest BCUT2D eigenvalue weighted by atomic mass is 35.5. The van der Waals surface area contributed by atoms with Crippen molar-refractivity contribution in [2.24, 2.45) is 33.5 Å². The summed E-state index contributed by atoms with van der Waals surface area (Å²) in [6.45, 7) is 16.5. The summed E-state index contributed by atoms with van der Waals surface area (Å²) in [5.74, 6) is -5.91. The molecule has 2 saturated carbocycles. The van der Waals surface area contributed by atoms with Crippen molar-refractivity contribution in [3.8, 4) is 11.5 Å². The van der Waals surface area contributed by atoms with Gasteiger partial charge >= 0.3 is 23.9 Å². The molecule has 0 heterocycles. The SMILES string of the molecule is CC1CC(C)(C)C1(C)COC(=O)c1c(Cl)c(Cl)cc(Cl)c1OC(=O)C(=O)Oc1c(Cl)cc(Cl)c(Cl)c1C(=O)OCC1(C)C(C)CC1(C)C. The van der Waals surface area contributed by atoms with Gasteiger partial charge in [0.15, 0.2) is 11.5 Å². The van der Waals surface area contributed by atoms with Crippen LogP contribution in [0.4, 0.5) is 0 Å². The van der Waals surface area contributed by atoms with Crippen LogP contribution in [0, 0.1) is 33.5 Å². The molecule has 2 aliphatic rings. The molecule has 2 fully saturated rings. The first-order valence-corrected chi connectivity index (χ1v) is 17.4. The molecule has 0 aliphatic heterocycles. The lowest BCUT2D eigenvalue weighted by Crippen LogP contribution is -2.55. The molecule has 48 heavy (non-hydrogen) atoms. The van der Waals surface area contributed by atoms with E-state index < -0.39 is 46.5 Å². The standard InChI is InChI=1S/C34H36Cl6O8/c1-15-11-31(3,4)33(15,7)13-45-27(41)21-23(39)17(35)9-19(37)25(21)47-29(43)30(44)48-26-20(38)10-18(36)24(40)22(26)28(42)46-14-34(8)16(2)12-32(34,5)6/h9-10,15-16H,11-14H2,1-8H3. The van der Waals surface area contributed by atoms with Gasteiger partial charge in [0, 0.05) is 10.8 Å². The lowest BCUT2D eigenvalue weighted by Gasteiger charge is -2.59. The molecule has 2 aromatic rings. The zero-order valence-electron chi connectivity index (χ0n) is 27.7. The predicted molar refractivity (Wildman–Crippen MR) is 186 cm³/mol. The number of esters is 4. The molecule has 262 valence electrons. The molecule has 8 nitrogen and oxygen atoms in total. The fourth-order valence-corrected chi connectivity index (χ4v) is 8.20. The van der Waals surface area contributed by atoms with Crippen LogP contribution in [0.15, 0.2) is 12.1 Å². The van der Waals surface area contributed by atoms with Gasteiger partial charge in [-0.05, 0) is 47.6 Å². The minimum Gasteiger partial charge on any atom is -0.461 e. The van der Waals surface area contributed by atoms with E-state index in [0.29, 0.717) is 0 Å². The third kappa shape index (κ3) is 6.74. The topological polar surface area (TPSA) is 105 Å². The number of halogens is 6. The van der Waals surface area contributed by atoms with Gasteiger partial charge in [0.1, 0.15) is 11.1 Å². The van der Waals surface area contributed by atoms with Crippen LogP contribution in [0.25, 0.3) is 0 Å². The average Bonchev–Trinajstić information content (AvgIpc) is 2.99. The predicted octanol–water partition coefficient (Wildman–Crippen LogP) is 10.6. The van der Waals surface area contributed by atoms with E-state index in [-0.39, 0.29) is 76.8 Å². The van der Waals surface area contributed by atoms with Gasteiger partial charge in [-0.3, -0.25) is 0 Å². The first kappa shape index (κ1) is 38.9. The van der Waals surface area contributed by atoms with Crippen LogP contribution >= 0.6 is 69.6 Å². The Morgan fingerprint density at radius 3 is 1.19 bits per heavy atom. The molecule has 4 unspecified atom stereocenters. The molecule has 14 heteroatoms. The van der Waals surface area contributed by atoms with Gasteiger partial charge in [-0.15, -0.1) is 0 Å². The molecule has 0 amide bonds. The van der Waals surface area contributed by atoms with E-state index in [4.69, 9.17) is 88.6 Å². The Bertz CT molecular complexity index is 1580. The first-order valence-electron chi connectivity index (χ1n) is 15.1. The van der Waals surface area contributed by atoms with Crippen LogP contribution in [0.3, 0.4) is 0 Å². The van der Waals surface area contributed by atoms with Crippen LogP contribution in [0.5, 0.6) is 11.5 Å². The van der Waals surface area contributed by atoms with Gasteiger partial charge in [0.2, 0.25) is 0 Å². The summed E-state index contributed by atoms with van der Waals surface area (Å²) in [6.07, 6.45) is 1.88. The Labute approximate surface area is 309 Å². The summed E-state index contributed by atoms with van der Waals surface area (Å²) in [7, 11) is 0. The van der Waals surface area contributed by atoms with E-state index in [2.05, 4.69) is 41.5 Å². The zero-order chi connectivity index (χ0) is 36.3. The van der Waals surface area contributed by atoms with Crippen LogP contribution in [0.1, 0.15) is 88.9 Å². The number of hydrogen-bond acceptors (Lipinski definition) is 8. The molecule has 0 saturated heterocycles. The fourth-order valence-electron chi connectivity index (χ4n) is 6.76. The Balaban J connectivity index is 1.58. The van der Waals surface area contributed by atoms with Gasteiger partial charge in [0.25, 0.3) is 0 Å². The second kappa shape index (κ2) is 13.6. The maximum Gasteiger partial charge on any atom is 0.423 e. The summed E-state index contributed by atoms with van der Waals surface area (Å²) < 4.78 is 21.7. The molecule has 2 aromatic carbocycles. The highest BCUT2D eigenvalue weighted by molar-refractivity contribution is 6.47. The Kier molecular flexibility index (Phi) is 11.0. The van der Waals surface area contributed by atoms with Gasteiger partial charge in [0.05, 0.1) is 43.3 Å². The van der Waals surface area contributed by atoms with Crippen molar-refractivity contribution < 1.29 is 38.1 Å². The van der Waals surface area contributed by atoms with Crippen molar-refractivity contribution in [1.82, 2.24) is 0 Å². The molecular weight excluding hydrogens is 749 g/mol. The lowest BCUT2D eigenvalue weighted by molar-refractivity contribution is -0.156. The molecule has 0 N–H and O–H groups in total. The van der Waals surface area contributed by atoms with E-state index in [1.165, 1.54) is 0 Å². The zero-order valence-corrected chi connectivity index (χ0v) is 32.2. The van der Waals surface area contributed by atoms with Crippen molar-refractivity contribution >= 4 is 93.5 Å². The summed E-state index contributed by atoms with van der Waals surface area (Å²) in [5, 5.41) is -1.52. The number of hydrogen-bond donors (Lipinski definition) is 0. The van der Waals surface area contributed by atoms with Crippen molar-refractivity contribution in [2.45, 2.75) is 68.2 Å². The van der Waals surface area contributed by atoms with E-state index in [1.807, 2.05) is 13.8 Å². The molecule has 0 radical (unpaired) electrons. The van der Waals surface area contributed by atoms with Gasteiger partial charge in [-0.25, -0.2) is 19.2 Å². The second-order valence-corrected chi connectivity index (χ2v) is 16.8. The number of carbonyl (C=O) groups is 4. The largest absolute Gasteiger partial charge is 0.461 e. The van der Waals surface area contributed by atoms with E-state index in [0.717, 1.165) is 25.0 Å². The highest BCUT2D eigenvalue weighted by Crippen LogP contribution is 2.61. The fraction of sp³-hybridized carbons (Fsp3) is 0.529. The Morgan fingerprint density at radius 1 is 0.604 bits per heavy atom. The van der Waals surface area contributed by atoms with E-state index in [9.17, 15) is 19.2 Å². The van der Waals surface area contributed by atoms with Gasteiger partial charge in [-0.1, -0.05) is 125 Å². The normalized spacial score (nSPS) is 25.3. The van der Waals surface area contributed by atoms with Crippen LogP contribution in [-0.4, -0.2) is 37.1 Å². The van der Waals surface area contributed by atoms with Gasteiger partial charge < -0.3 is 18.9 Å². The van der Waals surface area contributed by atoms with Crippen LogP contribution in [0.2, 0.25) is 30.1 Å². The highest BCUT2D eigenvalue weighted by Gasteiger charge is 2.56. The molecule has 0 spiro atoms. The number of benzene rings is 2. The Hall–Kier alpha value is -1.94.